The highest BCUT2D eigenvalue weighted by Crippen LogP contribution is 2.35. The number of amides is 2. The highest BCUT2D eigenvalue weighted by Gasteiger charge is 2.26. The molecule has 0 saturated carbocycles. The molecule has 0 radical (unpaired) electrons. The lowest BCUT2D eigenvalue weighted by Crippen LogP contribution is -2.27. The fraction of sp³-hybridized carbons (Fsp3) is 0.467. The van der Waals surface area contributed by atoms with Gasteiger partial charge in [0.15, 0.2) is 0 Å². The summed E-state index contributed by atoms with van der Waals surface area (Å²) in [7, 11) is 0. The number of benzene rings is 1. The van der Waals surface area contributed by atoms with Crippen molar-refractivity contribution in [1.82, 2.24) is 0 Å². The minimum Gasteiger partial charge on any atom is -0.494 e. The number of ether oxygens (including phenoxy) is 2. The van der Waals surface area contributed by atoms with Crippen molar-refractivity contribution >= 4 is 33.6 Å². The summed E-state index contributed by atoms with van der Waals surface area (Å²) in [6.45, 7) is 0.730. The molecule has 0 saturated heterocycles. The van der Waals surface area contributed by atoms with E-state index in [1.54, 1.807) is 6.07 Å². The normalized spacial score (nSPS) is 16.6. The highest BCUT2D eigenvalue weighted by atomic mass is 79.9. The van der Waals surface area contributed by atoms with E-state index in [1.165, 1.54) is 0 Å². The second-order valence-corrected chi connectivity index (χ2v) is 5.87. The molecular weight excluding hydrogens is 352 g/mol. The monoisotopic (exact) mass is 370 g/mol. The van der Waals surface area contributed by atoms with Crippen molar-refractivity contribution in [1.29, 1.82) is 0 Å². The van der Waals surface area contributed by atoms with E-state index in [0.717, 1.165) is 23.7 Å². The first-order valence-electron chi connectivity index (χ1n) is 7.15. The average Bonchev–Trinajstić information content (AvgIpc) is 2.48. The molecule has 1 aliphatic heterocycles. The van der Waals surface area contributed by atoms with Gasteiger partial charge in [-0.25, -0.2) is 4.79 Å². The van der Waals surface area contributed by atoms with Gasteiger partial charge in [0, 0.05) is 29.4 Å². The van der Waals surface area contributed by atoms with Crippen molar-refractivity contribution in [2.75, 3.05) is 23.9 Å². The number of carbonyl (C=O) groups excluding carboxylic acids is 2. The van der Waals surface area contributed by atoms with E-state index in [2.05, 4.69) is 21.2 Å². The van der Waals surface area contributed by atoms with E-state index < -0.39 is 6.09 Å². The summed E-state index contributed by atoms with van der Waals surface area (Å²) in [5.41, 5.74) is 6.61. The summed E-state index contributed by atoms with van der Waals surface area (Å²) in [4.78, 5) is 22.5. The summed E-state index contributed by atoms with van der Waals surface area (Å²) in [6, 6.07) is 5.56. The van der Waals surface area contributed by atoms with Gasteiger partial charge in [-0.15, -0.1) is 0 Å². The van der Waals surface area contributed by atoms with E-state index in [4.69, 9.17) is 15.2 Å². The van der Waals surface area contributed by atoms with Crippen molar-refractivity contribution in [3.05, 3.63) is 23.8 Å². The zero-order valence-electron chi connectivity index (χ0n) is 12.1. The number of primary amides is 1. The third-order valence-electron chi connectivity index (χ3n) is 3.39. The largest absolute Gasteiger partial charge is 0.494 e. The first-order chi connectivity index (χ1) is 10.6. The number of anilines is 1. The van der Waals surface area contributed by atoms with Crippen LogP contribution in [0.2, 0.25) is 0 Å². The molecule has 1 unspecified atom stereocenters. The zero-order valence-corrected chi connectivity index (χ0v) is 13.7. The lowest BCUT2D eigenvalue weighted by atomic mass is 9.91. The minimum atomic E-state index is -0.834. The number of fused-ring (bicyclic) bond motifs is 1. The molecule has 0 spiro atoms. The SMILES string of the molecule is NC(=O)OCC1CC(=O)Nc2cc(OCCCCBr)ccc21. The Balaban J connectivity index is 2.05. The van der Waals surface area contributed by atoms with Crippen molar-refractivity contribution < 1.29 is 19.1 Å². The van der Waals surface area contributed by atoms with Gasteiger partial charge >= 0.3 is 6.09 Å². The molecule has 1 aliphatic rings. The lowest BCUT2D eigenvalue weighted by molar-refractivity contribution is -0.117. The Morgan fingerprint density at radius 2 is 2.23 bits per heavy atom. The molecule has 0 bridgehead atoms. The number of nitrogens with one attached hydrogen (secondary N) is 1. The summed E-state index contributed by atoms with van der Waals surface area (Å²) in [5.74, 6) is 0.422. The topological polar surface area (TPSA) is 90.7 Å². The number of hydrogen-bond acceptors (Lipinski definition) is 4. The fourth-order valence-corrected chi connectivity index (χ4v) is 2.74. The molecule has 1 aromatic rings. The van der Waals surface area contributed by atoms with Crippen LogP contribution in [-0.4, -0.2) is 30.5 Å². The van der Waals surface area contributed by atoms with Gasteiger partial charge in [-0.05, 0) is 24.5 Å². The zero-order chi connectivity index (χ0) is 15.9. The number of nitrogens with two attached hydrogens (primary N) is 1. The van der Waals surface area contributed by atoms with Crippen LogP contribution in [0.5, 0.6) is 5.75 Å². The molecule has 6 nitrogen and oxygen atoms in total. The molecule has 120 valence electrons. The Hall–Kier alpha value is -1.76. The summed E-state index contributed by atoms with van der Waals surface area (Å²) in [5, 5.41) is 3.78. The molecule has 3 N–H and O–H groups in total. The fourth-order valence-electron chi connectivity index (χ4n) is 2.34. The Kier molecular flexibility index (Phi) is 6.06. The van der Waals surface area contributed by atoms with Gasteiger partial charge in [-0.2, -0.15) is 0 Å². The molecule has 2 amide bonds. The molecule has 1 atom stereocenters. The van der Waals surface area contributed by atoms with Crippen molar-refractivity contribution in [3.8, 4) is 5.75 Å². The van der Waals surface area contributed by atoms with Crippen LogP contribution in [0.4, 0.5) is 10.5 Å². The van der Waals surface area contributed by atoms with E-state index in [-0.39, 0.29) is 24.9 Å². The van der Waals surface area contributed by atoms with Gasteiger partial charge in [0.05, 0.1) is 6.61 Å². The second kappa shape index (κ2) is 8.03. The number of unbranched alkanes of at least 4 members (excludes halogenated alkanes) is 1. The Morgan fingerprint density at radius 1 is 1.41 bits per heavy atom. The Morgan fingerprint density at radius 3 is 2.95 bits per heavy atom. The van der Waals surface area contributed by atoms with Crippen molar-refractivity contribution in [2.45, 2.75) is 25.2 Å². The van der Waals surface area contributed by atoms with Gasteiger partial charge < -0.3 is 20.5 Å². The lowest BCUT2D eigenvalue weighted by Gasteiger charge is -2.25. The van der Waals surface area contributed by atoms with Crippen LogP contribution >= 0.6 is 15.9 Å². The van der Waals surface area contributed by atoms with Crippen LogP contribution in [0.1, 0.15) is 30.7 Å². The van der Waals surface area contributed by atoms with Crippen LogP contribution in [0, 0.1) is 0 Å². The van der Waals surface area contributed by atoms with Gasteiger partial charge in [0.25, 0.3) is 0 Å². The molecule has 1 aromatic carbocycles. The Labute approximate surface area is 137 Å². The number of carbonyl (C=O) groups is 2. The predicted octanol–water partition coefficient (Wildman–Crippen LogP) is 2.76. The van der Waals surface area contributed by atoms with Gasteiger partial charge in [-0.1, -0.05) is 22.0 Å². The standard InChI is InChI=1S/C15H19BrN2O4/c16-5-1-2-6-21-11-3-4-12-10(9-22-15(17)20)7-14(19)18-13(12)8-11/h3-4,8,10H,1-2,5-7,9H2,(H2,17,20)(H,18,19). The van der Waals surface area contributed by atoms with Gasteiger partial charge in [0.2, 0.25) is 5.91 Å². The van der Waals surface area contributed by atoms with Crippen LogP contribution in [0.25, 0.3) is 0 Å². The molecule has 2 rings (SSSR count). The van der Waals surface area contributed by atoms with E-state index in [1.807, 2.05) is 12.1 Å². The molecule has 0 aromatic heterocycles. The number of rotatable bonds is 7. The molecule has 1 heterocycles. The first kappa shape index (κ1) is 16.6. The maximum Gasteiger partial charge on any atom is 0.404 e. The highest BCUT2D eigenvalue weighted by molar-refractivity contribution is 9.09. The third kappa shape index (κ3) is 4.62. The summed E-state index contributed by atoms with van der Waals surface area (Å²) < 4.78 is 10.5. The second-order valence-electron chi connectivity index (χ2n) is 5.07. The molecular formula is C15H19BrN2O4. The van der Waals surface area contributed by atoms with E-state index in [9.17, 15) is 9.59 Å². The smallest absolute Gasteiger partial charge is 0.404 e. The molecule has 22 heavy (non-hydrogen) atoms. The Bertz CT molecular complexity index is 550. The minimum absolute atomic E-state index is 0.0984. The number of alkyl halides is 1. The van der Waals surface area contributed by atoms with Crippen molar-refractivity contribution in [2.24, 2.45) is 5.73 Å². The van der Waals surface area contributed by atoms with Crippen molar-refractivity contribution in [3.63, 3.8) is 0 Å². The predicted molar refractivity (Wildman–Crippen MR) is 86.5 cm³/mol. The summed E-state index contributed by atoms with van der Waals surface area (Å²) >= 11 is 3.38. The van der Waals surface area contributed by atoms with Crippen LogP contribution in [-0.2, 0) is 9.53 Å². The average molecular weight is 371 g/mol. The maximum absolute atomic E-state index is 11.8. The maximum atomic E-state index is 11.8. The number of halogens is 1. The van der Waals surface area contributed by atoms with Gasteiger partial charge in [-0.3, -0.25) is 4.79 Å². The third-order valence-corrected chi connectivity index (χ3v) is 3.95. The molecule has 7 heteroatoms. The number of hydrogen-bond donors (Lipinski definition) is 2. The first-order valence-corrected chi connectivity index (χ1v) is 8.27. The van der Waals surface area contributed by atoms with E-state index >= 15 is 0 Å². The summed E-state index contributed by atoms with van der Waals surface area (Å²) in [6.07, 6.45) is 1.45. The van der Waals surface area contributed by atoms with E-state index in [0.29, 0.717) is 18.0 Å². The van der Waals surface area contributed by atoms with Crippen LogP contribution in [0.3, 0.4) is 0 Å². The quantitative estimate of drug-likeness (QED) is 0.570. The van der Waals surface area contributed by atoms with Crippen LogP contribution < -0.4 is 15.8 Å². The van der Waals surface area contributed by atoms with Crippen LogP contribution in [0.15, 0.2) is 18.2 Å². The molecule has 0 fully saturated rings. The molecule has 0 aliphatic carbocycles. The van der Waals surface area contributed by atoms with Gasteiger partial charge in [0.1, 0.15) is 12.4 Å².